The lowest BCUT2D eigenvalue weighted by molar-refractivity contribution is 0.0702. The third-order valence-corrected chi connectivity index (χ3v) is 3.94. The van der Waals surface area contributed by atoms with Gasteiger partial charge in [0.25, 0.3) is 0 Å². The lowest BCUT2D eigenvalue weighted by atomic mass is 10.2. The van der Waals surface area contributed by atoms with Crippen LogP contribution in [0.1, 0.15) is 39.4 Å². The molecular weight excluding hydrogens is 224 g/mol. The summed E-state index contributed by atoms with van der Waals surface area (Å²) in [5, 5.41) is 8.84. The number of carbonyl (C=O) groups is 1. The SMILES string of the molecule is Cc1sc(C(=O)O)cc1COCCC1CC1. The van der Waals surface area contributed by atoms with E-state index in [1.807, 2.05) is 6.92 Å². The molecule has 1 heterocycles. The summed E-state index contributed by atoms with van der Waals surface area (Å²) in [5.74, 6) is 0.0375. The van der Waals surface area contributed by atoms with E-state index in [9.17, 15) is 4.79 Å². The summed E-state index contributed by atoms with van der Waals surface area (Å²) in [5.41, 5.74) is 1.01. The zero-order valence-corrected chi connectivity index (χ0v) is 10.2. The first-order chi connectivity index (χ1) is 7.66. The van der Waals surface area contributed by atoms with Gasteiger partial charge in [0.05, 0.1) is 6.61 Å². The molecule has 4 heteroatoms. The molecule has 0 aromatic carbocycles. The molecule has 0 saturated heterocycles. The summed E-state index contributed by atoms with van der Waals surface area (Å²) in [6, 6.07) is 1.72. The van der Waals surface area contributed by atoms with Gasteiger partial charge in [-0.25, -0.2) is 4.79 Å². The van der Waals surface area contributed by atoms with Gasteiger partial charge in [-0.2, -0.15) is 0 Å². The van der Waals surface area contributed by atoms with E-state index in [1.54, 1.807) is 6.07 Å². The highest BCUT2D eigenvalue weighted by atomic mass is 32.1. The topological polar surface area (TPSA) is 46.5 Å². The Morgan fingerprint density at radius 1 is 1.62 bits per heavy atom. The van der Waals surface area contributed by atoms with Gasteiger partial charge in [0, 0.05) is 11.5 Å². The molecule has 0 unspecified atom stereocenters. The van der Waals surface area contributed by atoms with Crippen LogP contribution in [0, 0.1) is 12.8 Å². The fraction of sp³-hybridized carbons (Fsp3) is 0.583. The third-order valence-electron chi connectivity index (χ3n) is 2.86. The molecule has 1 fully saturated rings. The Labute approximate surface area is 99.1 Å². The Morgan fingerprint density at radius 3 is 2.94 bits per heavy atom. The van der Waals surface area contributed by atoms with Gasteiger partial charge < -0.3 is 9.84 Å². The van der Waals surface area contributed by atoms with E-state index in [1.165, 1.54) is 24.2 Å². The second-order valence-electron chi connectivity index (χ2n) is 4.28. The van der Waals surface area contributed by atoms with Gasteiger partial charge in [0.15, 0.2) is 0 Å². The number of ether oxygens (including phenoxy) is 1. The van der Waals surface area contributed by atoms with Gasteiger partial charge in [-0.1, -0.05) is 12.8 Å². The minimum Gasteiger partial charge on any atom is -0.477 e. The molecule has 2 rings (SSSR count). The zero-order chi connectivity index (χ0) is 11.5. The predicted molar refractivity (Wildman–Crippen MR) is 63.0 cm³/mol. The monoisotopic (exact) mass is 240 g/mol. The van der Waals surface area contributed by atoms with Crippen molar-refractivity contribution in [3.05, 3.63) is 21.4 Å². The average Bonchev–Trinajstić information content (AvgIpc) is 2.98. The van der Waals surface area contributed by atoms with Crippen LogP contribution in [0.15, 0.2) is 6.07 Å². The maximum atomic E-state index is 10.8. The molecule has 0 atom stereocenters. The van der Waals surface area contributed by atoms with Crippen molar-refractivity contribution in [3.63, 3.8) is 0 Å². The minimum atomic E-state index is -0.850. The van der Waals surface area contributed by atoms with Crippen LogP contribution in [0.5, 0.6) is 0 Å². The van der Waals surface area contributed by atoms with Crippen LogP contribution < -0.4 is 0 Å². The van der Waals surface area contributed by atoms with E-state index in [0.29, 0.717) is 11.5 Å². The molecule has 0 radical (unpaired) electrons. The molecular formula is C12H16O3S. The average molecular weight is 240 g/mol. The Morgan fingerprint density at radius 2 is 2.38 bits per heavy atom. The number of aromatic carboxylic acids is 1. The van der Waals surface area contributed by atoms with Crippen molar-refractivity contribution in [2.24, 2.45) is 5.92 Å². The normalized spacial score (nSPS) is 15.3. The number of thiophene rings is 1. The number of hydrogen-bond acceptors (Lipinski definition) is 3. The van der Waals surface area contributed by atoms with Gasteiger partial charge in [-0.3, -0.25) is 0 Å². The molecule has 1 saturated carbocycles. The summed E-state index contributed by atoms with van der Waals surface area (Å²) in [6.45, 7) is 3.28. The van der Waals surface area contributed by atoms with E-state index in [4.69, 9.17) is 9.84 Å². The smallest absolute Gasteiger partial charge is 0.345 e. The minimum absolute atomic E-state index is 0.401. The molecule has 3 nitrogen and oxygen atoms in total. The summed E-state index contributed by atoms with van der Waals surface area (Å²) >= 11 is 1.32. The van der Waals surface area contributed by atoms with Gasteiger partial charge in [-0.05, 0) is 30.9 Å². The van der Waals surface area contributed by atoms with Crippen LogP contribution in [-0.2, 0) is 11.3 Å². The van der Waals surface area contributed by atoms with Crippen LogP contribution in [0.2, 0.25) is 0 Å². The van der Waals surface area contributed by atoms with Crippen LogP contribution >= 0.6 is 11.3 Å². The summed E-state index contributed by atoms with van der Waals surface area (Å²) in [7, 11) is 0. The summed E-state index contributed by atoms with van der Waals surface area (Å²) in [6.07, 6.45) is 3.85. The molecule has 88 valence electrons. The van der Waals surface area contributed by atoms with Crippen LogP contribution in [0.4, 0.5) is 0 Å². The van der Waals surface area contributed by atoms with E-state index in [-0.39, 0.29) is 0 Å². The first-order valence-corrected chi connectivity index (χ1v) is 6.39. The largest absolute Gasteiger partial charge is 0.477 e. The van der Waals surface area contributed by atoms with E-state index in [0.717, 1.165) is 29.4 Å². The molecule has 0 aliphatic heterocycles. The van der Waals surface area contributed by atoms with Gasteiger partial charge in [-0.15, -0.1) is 11.3 Å². The van der Waals surface area contributed by atoms with E-state index >= 15 is 0 Å². The van der Waals surface area contributed by atoms with E-state index in [2.05, 4.69) is 0 Å². The first kappa shape index (κ1) is 11.6. The molecule has 1 aromatic rings. The predicted octanol–water partition coefficient (Wildman–Crippen LogP) is 3.07. The fourth-order valence-electron chi connectivity index (χ4n) is 1.61. The number of carboxylic acid groups (broad SMARTS) is 1. The van der Waals surface area contributed by atoms with Crippen molar-refractivity contribution < 1.29 is 14.6 Å². The second-order valence-corrected chi connectivity index (χ2v) is 5.54. The Kier molecular flexibility index (Phi) is 3.61. The van der Waals surface area contributed by atoms with E-state index < -0.39 is 5.97 Å². The van der Waals surface area contributed by atoms with Crippen molar-refractivity contribution in [1.82, 2.24) is 0 Å². The number of carboxylic acids is 1. The van der Waals surface area contributed by atoms with Crippen molar-refractivity contribution >= 4 is 17.3 Å². The van der Waals surface area contributed by atoms with Crippen LogP contribution in [0.25, 0.3) is 0 Å². The molecule has 1 aliphatic carbocycles. The standard InChI is InChI=1S/C12H16O3S/c1-8-10(6-11(16-8)12(13)14)7-15-5-4-9-2-3-9/h6,9H,2-5,7H2,1H3,(H,13,14). The Hall–Kier alpha value is -0.870. The summed E-state index contributed by atoms with van der Waals surface area (Å²) < 4.78 is 5.56. The maximum absolute atomic E-state index is 10.8. The molecule has 1 N–H and O–H groups in total. The fourth-order valence-corrected chi connectivity index (χ4v) is 2.47. The van der Waals surface area contributed by atoms with Gasteiger partial charge >= 0.3 is 5.97 Å². The van der Waals surface area contributed by atoms with Crippen molar-refractivity contribution in [2.75, 3.05) is 6.61 Å². The quantitative estimate of drug-likeness (QED) is 0.777. The highest BCUT2D eigenvalue weighted by molar-refractivity contribution is 7.14. The molecule has 0 amide bonds. The van der Waals surface area contributed by atoms with Crippen molar-refractivity contribution in [3.8, 4) is 0 Å². The van der Waals surface area contributed by atoms with Crippen molar-refractivity contribution in [1.29, 1.82) is 0 Å². The number of rotatable bonds is 6. The Balaban J connectivity index is 1.80. The maximum Gasteiger partial charge on any atom is 0.345 e. The molecule has 1 aromatic heterocycles. The molecule has 0 bridgehead atoms. The third kappa shape index (κ3) is 3.06. The molecule has 1 aliphatic rings. The number of hydrogen-bond donors (Lipinski definition) is 1. The molecule has 0 spiro atoms. The van der Waals surface area contributed by atoms with Crippen LogP contribution in [-0.4, -0.2) is 17.7 Å². The van der Waals surface area contributed by atoms with Gasteiger partial charge in [0.2, 0.25) is 0 Å². The zero-order valence-electron chi connectivity index (χ0n) is 9.36. The highest BCUT2D eigenvalue weighted by Gasteiger charge is 2.20. The van der Waals surface area contributed by atoms with Gasteiger partial charge in [0.1, 0.15) is 4.88 Å². The summed E-state index contributed by atoms with van der Waals surface area (Å²) in [4.78, 5) is 12.2. The Bertz CT molecular complexity index is 380. The highest BCUT2D eigenvalue weighted by Crippen LogP contribution is 2.32. The second kappa shape index (κ2) is 4.97. The van der Waals surface area contributed by atoms with Crippen LogP contribution in [0.3, 0.4) is 0 Å². The van der Waals surface area contributed by atoms with Crippen molar-refractivity contribution in [2.45, 2.75) is 32.8 Å². The first-order valence-electron chi connectivity index (χ1n) is 5.57. The molecule has 16 heavy (non-hydrogen) atoms. The lowest BCUT2D eigenvalue weighted by Crippen LogP contribution is -1.96. The lowest BCUT2D eigenvalue weighted by Gasteiger charge is -2.02. The number of aryl methyl sites for hydroxylation is 1.